The number of hydrogen-bond donors (Lipinski definition) is 3. The second-order valence-electron chi connectivity index (χ2n) is 6.92. The van der Waals surface area contributed by atoms with E-state index < -0.39 is 0 Å². The van der Waals surface area contributed by atoms with Gasteiger partial charge in [0.25, 0.3) is 0 Å². The number of nitrogens with one attached hydrogen (secondary N) is 3. The summed E-state index contributed by atoms with van der Waals surface area (Å²) in [5.41, 5.74) is 3.18. The van der Waals surface area contributed by atoms with Crippen LogP contribution in [0.1, 0.15) is 25.5 Å². The molecule has 1 fully saturated rings. The van der Waals surface area contributed by atoms with Crippen LogP contribution in [0.2, 0.25) is 0 Å². The van der Waals surface area contributed by atoms with E-state index in [1.165, 1.54) is 5.56 Å². The third kappa shape index (κ3) is 4.43. The van der Waals surface area contributed by atoms with Gasteiger partial charge in [-0.25, -0.2) is 9.97 Å². The highest BCUT2D eigenvalue weighted by Crippen LogP contribution is 2.24. The van der Waals surface area contributed by atoms with E-state index in [0.717, 1.165) is 48.9 Å². The second-order valence-corrected chi connectivity index (χ2v) is 6.92. The summed E-state index contributed by atoms with van der Waals surface area (Å²) in [6, 6.07) is 12.5. The van der Waals surface area contributed by atoms with E-state index in [-0.39, 0.29) is 1.43 Å². The van der Waals surface area contributed by atoms with Gasteiger partial charge < -0.3 is 15.4 Å². The average Bonchev–Trinajstić information content (AvgIpc) is 3.07. The molecule has 7 heteroatoms. The van der Waals surface area contributed by atoms with Gasteiger partial charge in [-0.05, 0) is 26.7 Å². The molecule has 7 nitrogen and oxygen atoms in total. The Morgan fingerprint density at radius 3 is 2.44 bits per heavy atom. The van der Waals surface area contributed by atoms with Gasteiger partial charge in [0, 0.05) is 44.1 Å². The number of aryl methyl sites for hydroxylation is 2. The number of benzene rings is 1. The molecular formula is C20H26N6O. The number of rotatable bonds is 5. The van der Waals surface area contributed by atoms with Gasteiger partial charge in [0.15, 0.2) is 11.6 Å². The topological polar surface area (TPSA) is 87.8 Å². The van der Waals surface area contributed by atoms with Crippen molar-refractivity contribution in [3.05, 3.63) is 47.7 Å². The van der Waals surface area contributed by atoms with Crippen molar-refractivity contribution in [1.29, 1.82) is 0 Å². The molecule has 1 aliphatic heterocycles. The maximum Gasteiger partial charge on any atom is 0.163 e. The highest BCUT2D eigenvalue weighted by molar-refractivity contribution is 5.64. The number of nitrogens with zero attached hydrogens (tertiary/aromatic N) is 3. The molecule has 4 rings (SSSR count). The highest BCUT2D eigenvalue weighted by atomic mass is 16.5. The number of anilines is 3. The van der Waals surface area contributed by atoms with E-state index in [2.05, 4.69) is 39.9 Å². The SMILES string of the molecule is Cc1ccc(-c2nc(Nc3cc(C)[nH]n3)cc(NC3CCOCC3)n2)cc1.[HH]. The van der Waals surface area contributed by atoms with Crippen LogP contribution in [0.4, 0.5) is 17.5 Å². The molecule has 3 N–H and O–H groups in total. The molecule has 27 heavy (non-hydrogen) atoms. The largest absolute Gasteiger partial charge is 0.381 e. The Morgan fingerprint density at radius 1 is 1.00 bits per heavy atom. The molecular weight excluding hydrogens is 340 g/mol. The Kier molecular flexibility index (Phi) is 5.02. The number of aromatic nitrogens is 4. The third-order valence-corrected chi connectivity index (χ3v) is 4.57. The van der Waals surface area contributed by atoms with Crippen LogP contribution in [0, 0.1) is 13.8 Å². The molecule has 0 bridgehead atoms. The molecule has 3 aromatic rings. The van der Waals surface area contributed by atoms with E-state index >= 15 is 0 Å². The molecule has 0 amide bonds. The summed E-state index contributed by atoms with van der Waals surface area (Å²) < 4.78 is 5.45. The van der Waals surface area contributed by atoms with Gasteiger partial charge in [0.1, 0.15) is 11.6 Å². The molecule has 2 aromatic heterocycles. The number of H-pyrrole nitrogens is 1. The van der Waals surface area contributed by atoms with Crippen LogP contribution < -0.4 is 10.6 Å². The molecule has 142 valence electrons. The fourth-order valence-corrected chi connectivity index (χ4v) is 3.08. The van der Waals surface area contributed by atoms with Crippen LogP contribution in [-0.2, 0) is 4.74 Å². The first-order chi connectivity index (χ1) is 13.2. The maximum absolute atomic E-state index is 5.45. The third-order valence-electron chi connectivity index (χ3n) is 4.57. The van der Waals surface area contributed by atoms with Gasteiger partial charge in [-0.15, -0.1) is 0 Å². The molecule has 0 unspecified atom stereocenters. The zero-order valence-electron chi connectivity index (χ0n) is 15.6. The molecule has 1 saturated heterocycles. The summed E-state index contributed by atoms with van der Waals surface area (Å²) in [7, 11) is 0. The minimum atomic E-state index is 0. The van der Waals surface area contributed by atoms with Crippen molar-refractivity contribution < 1.29 is 6.16 Å². The van der Waals surface area contributed by atoms with E-state index in [0.29, 0.717) is 17.7 Å². The molecule has 0 radical (unpaired) electrons. The summed E-state index contributed by atoms with van der Waals surface area (Å²) in [4.78, 5) is 9.43. The van der Waals surface area contributed by atoms with Crippen molar-refractivity contribution in [2.75, 3.05) is 23.8 Å². The summed E-state index contributed by atoms with van der Waals surface area (Å²) >= 11 is 0. The van der Waals surface area contributed by atoms with Crippen molar-refractivity contribution in [3.8, 4) is 11.4 Å². The Labute approximate surface area is 160 Å². The van der Waals surface area contributed by atoms with Gasteiger partial charge in [-0.2, -0.15) is 5.10 Å². The first-order valence-corrected chi connectivity index (χ1v) is 9.25. The van der Waals surface area contributed by atoms with Crippen LogP contribution in [0.5, 0.6) is 0 Å². The van der Waals surface area contributed by atoms with E-state index in [9.17, 15) is 0 Å². The minimum absolute atomic E-state index is 0. The molecule has 1 aliphatic rings. The fraction of sp³-hybridized carbons (Fsp3) is 0.350. The minimum Gasteiger partial charge on any atom is -0.381 e. The predicted octanol–water partition coefficient (Wildman–Crippen LogP) is 4.06. The Morgan fingerprint density at radius 2 is 1.74 bits per heavy atom. The van der Waals surface area contributed by atoms with E-state index in [4.69, 9.17) is 14.7 Å². The zero-order chi connectivity index (χ0) is 18.6. The summed E-state index contributed by atoms with van der Waals surface area (Å²) in [5, 5.41) is 14.0. The number of ether oxygens (including phenoxy) is 1. The molecule has 1 aromatic carbocycles. The molecule has 3 heterocycles. The molecule has 0 saturated carbocycles. The average molecular weight is 366 g/mol. The fourth-order valence-electron chi connectivity index (χ4n) is 3.08. The zero-order valence-corrected chi connectivity index (χ0v) is 15.6. The van der Waals surface area contributed by atoms with Crippen molar-refractivity contribution in [2.45, 2.75) is 32.7 Å². The van der Waals surface area contributed by atoms with Crippen LogP contribution in [0.15, 0.2) is 36.4 Å². The highest BCUT2D eigenvalue weighted by Gasteiger charge is 2.16. The maximum atomic E-state index is 5.45. The van der Waals surface area contributed by atoms with E-state index in [1.807, 2.05) is 31.2 Å². The molecule has 0 spiro atoms. The quantitative estimate of drug-likeness (QED) is 0.631. The van der Waals surface area contributed by atoms with Crippen molar-refractivity contribution >= 4 is 17.5 Å². The van der Waals surface area contributed by atoms with Crippen LogP contribution >= 0.6 is 0 Å². The van der Waals surface area contributed by atoms with Crippen molar-refractivity contribution in [1.82, 2.24) is 20.2 Å². The molecule has 0 aliphatic carbocycles. The summed E-state index contributed by atoms with van der Waals surface area (Å²) in [6.45, 7) is 5.60. The second kappa shape index (κ2) is 7.75. The van der Waals surface area contributed by atoms with Gasteiger partial charge in [-0.3, -0.25) is 5.10 Å². The van der Waals surface area contributed by atoms with Crippen LogP contribution in [0.25, 0.3) is 11.4 Å². The Hall–Kier alpha value is -2.93. The van der Waals surface area contributed by atoms with Gasteiger partial charge in [-0.1, -0.05) is 29.8 Å². The van der Waals surface area contributed by atoms with Crippen LogP contribution in [-0.4, -0.2) is 39.4 Å². The first kappa shape index (κ1) is 17.5. The smallest absolute Gasteiger partial charge is 0.163 e. The lowest BCUT2D eigenvalue weighted by molar-refractivity contribution is 0.0904. The normalized spacial score (nSPS) is 14.9. The Balaban J connectivity index is 0.00000225. The first-order valence-electron chi connectivity index (χ1n) is 9.25. The lowest BCUT2D eigenvalue weighted by atomic mass is 10.1. The lowest BCUT2D eigenvalue weighted by Crippen LogP contribution is -2.28. The van der Waals surface area contributed by atoms with E-state index in [1.54, 1.807) is 0 Å². The molecule has 0 atom stereocenters. The van der Waals surface area contributed by atoms with Gasteiger partial charge in [0.2, 0.25) is 0 Å². The van der Waals surface area contributed by atoms with Gasteiger partial charge in [0.05, 0.1) is 0 Å². The van der Waals surface area contributed by atoms with Crippen molar-refractivity contribution in [3.63, 3.8) is 0 Å². The number of hydrogen-bond acceptors (Lipinski definition) is 6. The summed E-state index contributed by atoms with van der Waals surface area (Å²) in [6.07, 6.45) is 1.95. The van der Waals surface area contributed by atoms with Gasteiger partial charge >= 0.3 is 0 Å². The summed E-state index contributed by atoms with van der Waals surface area (Å²) in [5.74, 6) is 2.93. The number of aromatic amines is 1. The van der Waals surface area contributed by atoms with Crippen LogP contribution in [0.3, 0.4) is 0 Å². The standard InChI is InChI=1S/C20H24N6O.H2/c1-13-3-5-15(6-4-13)20-23-17(21-16-7-9-27-10-8-16)12-18(24-20)22-19-11-14(2)25-26-19;/h3-6,11-12,16H,7-10H2,1-2H3,(H3,21,22,23,24,25,26);1H. The predicted molar refractivity (Wildman–Crippen MR) is 108 cm³/mol. The Bertz CT molecular complexity index is 905. The monoisotopic (exact) mass is 366 g/mol. The van der Waals surface area contributed by atoms with Crippen molar-refractivity contribution in [2.24, 2.45) is 0 Å². The lowest BCUT2D eigenvalue weighted by Gasteiger charge is -2.24.